The minimum Gasteiger partial charge on any atom is -0.458 e. The highest BCUT2D eigenvalue weighted by Gasteiger charge is 2.26. The highest BCUT2D eigenvalue weighted by Crippen LogP contribution is 2.26. The molecule has 0 saturated carbocycles. The van der Waals surface area contributed by atoms with Gasteiger partial charge in [0, 0.05) is 0 Å². The molecule has 1 rings (SSSR count). The fourth-order valence-corrected chi connectivity index (χ4v) is 6.88. The van der Waals surface area contributed by atoms with Gasteiger partial charge in [-0.25, -0.2) is 0 Å². The van der Waals surface area contributed by atoms with Crippen LogP contribution in [0, 0.1) is 0 Å². The minimum atomic E-state index is -1.38. The van der Waals surface area contributed by atoms with E-state index in [0.29, 0.717) is 0 Å². The first-order chi connectivity index (χ1) is 5.67. The lowest BCUT2D eigenvalue weighted by atomic mass is 10.1. The van der Waals surface area contributed by atoms with E-state index in [1.165, 1.54) is 25.7 Å². The molecule has 70 valence electrons. The van der Waals surface area contributed by atoms with Crippen LogP contribution in [0.3, 0.4) is 0 Å². The first-order valence-corrected chi connectivity index (χ1v) is 9.90. The minimum absolute atomic E-state index is 0.214. The summed E-state index contributed by atoms with van der Waals surface area (Å²) in [6, 6.07) is 0. The third-order valence-corrected chi connectivity index (χ3v) is 8.61. The Morgan fingerprint density at radius 3 is 2.67 bits per heavy atom. The molecule has 12 heavy (non-hydrogen) atoms. The average Bonchev–Trinajstić information content (AvgIpc) is 2.06. The van der Waals surface area contributed by atoms with Crippen molar-refractivity contribution in [2.75, 3.05) is 0 Å². The van der Waals surface area contributed by atoms with Crippen LogP contribution in [0.25, 0.3) is 0 Å². The molecule has 1 nitrogen and oxygen atoms in total. The summed E-state index contributed by atoms with van der Waals surface area (Å²) in [5.74, 6) is 0. The number of rotatable bonds is 3. The standard InChI is InChI=1S/C9H20OSi2/c1-11-10-12(2,3)9-7-5-4-6-8-9/h7H,4-6,8,11H2,1-3H3. The van der Waals surface area contributed by atoms with Crippen molar-refractivity contribution in [1.82, 2.24) is 0 Å². The summed E-state index contributed by atoms with van der Waals surface area (Å²) in [6.45, 7) is 6.93. The lowest BCUT2D eigenvalue weighted by Gasteiger charge is -2.28. The molecule has 3 heteroatoms. The quantitative estimate of drug-likeness (QED) is 0.636. The van der Waals surface area contributed by atoms with E-state index in [1.807, 2.05) is 0 Å². The first kappa shape index (κ1) is 10.2. The van der Waals surface area contributed by atoms with Crippen LogP contribution < -0.4 is 0 Å². The van der Waals surface area contributed by atoms with Crippen LogP contribution in [-0.2, 0) is 4.12 Å². The monoisotopic (exact) mass is 200 g/mol. The molecule has 0 amide bonds. The Kier molecular flexibility index (Phi) is 3.74. The molecule has 0 heterocycles. The summed E-state index contributed by atoms with van der Waals surface area (Å²) in [5, 5.41) is 1.67. The average molecular weight is 200 g/mol. The molecule has 0 atom stereocenters. The Bertz CT molecular complexity index is 175. The molecule has 0 radical (unpaired) electrons. The van der Waals surface area contributed by atoms with E-state index >= 15 is 0 Å². The van der Waals surface area contributed by atoms with Crippen LogP contribution in [0.5, 0.6) is 0 Å². The fraction of sp³-hybridized carbons (Fsp3) is 0.778. The molecular formula is C9H20OSi2. The molecule has 0 N–H and O–H groups in total. The SMILES string of the molecule is C[SiH2]O[Si](C)(C)C1=CCCCC1. The molecule has 0 aromatic rings. The third kappa shape index (κ3) is 2.57. The highest BCUT2D eigenvalue weighted by molar-refractivity contribution is 6.81. The largest absolute Gasteiger partial charge is 0.458 e. The zero-order chi connectivity index (χ0) is 9.03. The van der Waals surface area contributed by atoms with E-state index in [9.17, 15) is 0 Å². The van der Waals surface area contributed by atoms with E-state index in [0.717, 1.165) is 0 Å². The molecule has 0 spiro atoms. The zero-order valence-corrected chi connectivity index (χ0v) is 10.9. The van der Waals surface area contributed by atoms with Gasteiger partial charge in [-0.05, 0) is 38.8 Å². The van der Waals surface area contributed by atoms with E-state index in [-0.39, 0.29) is 9.76 Å². The smallest absolute Gasteiger partial charge is 0.201 e. The van der Waals surface area contributed by atoms with Crippen LogP contribution in [0.4, 0.5) is 0 Å². The fourth-order valence-electron chi connectivity index (χ4n) is 1.84. The van der Waals surface area contributed by atoms with Gasteiger partial charge in [0.2, 0.25) is 8.32 Å². The Labute approximate surface area is 79.3 Å². The lowest BCUT2D eigenvalue weighted by Crippen LogP contribution is -2.35. The van der Waals surface area contributed by atoms with Crippen molar-refractivity contribution in [3.8, 4) is 0 Å². The summed E-state index contributed by atoms with van der Waals surface area (Å²) in [5.41, 5.74) is 0. The van der Waals surface area contributed by atoms with Gasteiger partial charge in [0.15, 0.2) is 0 Å². The number of hydrogen-bond donors (Lipinski definition) is 0. The van der Waals surface area contributed by atoms with Gasteiger partial charge in [-0.2, -0.15) is 0 Å². The lowest BCUT2D eigenvalue weighted by molar-refractivity contribution is 0.590. The molecule has 1 aliphatic rings. The van der Waals surface area contributed by atoms with Gasteiger partial charge in [-0.15, -0.1) is 0 Å². The van der Waals surface area contributed by atoms with Gasteiger partial charge in [-0.1, -0.05) is 17.8 Å². The van der Waals surface area contributed by atoms with E-state index in [2.05, 4.69) is 25.7 Å². The summed E-state index contributed by atoms with van der Waals surface area (Å²) < 4.78 is 5.98. The highest BCUT2D eigenvalue weighted by atomic mass is 28.4. The maximum absolute atomic E-state index is 5.98. The second kappa shape index (κ2) is 4.39. The van der Waals surface area contributed by atoms with Crippen molar-refractivity contribution in [3.05, 3.63) is 11.3 Å². The van der Waals surface area contributed by atoms with Crippen molar-refractivity contribution in [3.63, 3.8) is 0 Å². The summed E-state index contributed by atoms with van der Waals surface area (Å²) in [6.07, 6.45) is 7.82. The van der Waals surface area contributed by atoms with Crippen molar-refractivity contribution >= 4 is 18.1 Å². The van der Waals surface area contributed by atoms with Crippen LogP contribution in [-0.4, -0.2) is 18.1 Å². The molecule has 0 bridgehead atoms. The van der Waals surface area contributed by atoms with Crippen molar-refractivity contribution in [2.45, 2.75) is 45.3 Å². The van der Waals surface area contributed by atoms with Gasteiger partial charge < -0.3 is 4.12 Å². The summed E-state index contributed by atoms with van der Waals surface area (Å²) >= 11 is 0. The van der Waals surface area contributed by atoms with Crippen LogP contribution in [0.15, 0.2) is 11.3 Å². The van der Waals surface area contributed by atoms with Gasteiger partial charge >= 0.3 is 0 Å². The summed E-state index contributed by atoms with van der Waals surface area (Å²) in [7, 11) is -1.59. The second-order valence-corrected chi connectivity index (χ2v) is 9.31. The van der Waals surface area contributed by atoms with Gasteiger partial charge in [0.1, 0.15) is 9.76 Å². The Morgan fingerprint density at radius 1 is 1.42 bits per heavy atom. The molecule has 0 aromatic heterocycles. The maximum Gasteiger partial charge on any atom is 0.201 e. The molecule has 0 fully saturated rings. The van der Waals surface area contributed by atoms with Gasteiger partial charge in [-0.3, -0.25) is 0 Å². The Morgan fingerprint density at radius 2 is 2.17 bits per heavy atom. The molecule has 1 aliphatic carbocycles. The van der Waals surface area contributed by atoms with Crippen LogP contribution >= 0.6 is 0 Å². The van der Waals surface area contributed by atoms with Crippen molar-refractivity contribution in [2.24, 2.45) is 0 Å². The van der Waals surface area contributed by atoms with Crippen molar-refractivity contribution < 1.29 is 4.12 Å². The topological polar surface area (TPSA) is 9.23 Å². The Hall–Kier alpha value is 0.134. The van der Waals surface area contributed by atoms with Crippen LogP contribution in [0.2, 0.25) is 19.6 Å². The molecule has 0 saturated heterocycles. The predicted molar refractivity (Wildman–Crippen MR) is 59.5 cm³/mol. The third-order valence-electron chi connectivity index (χ3n) is 2.57. The predicted octanol–water partition coefficient (Wildman–Crippen LogP) is 2.38. The maximum atomic E-state index is 5.98. The van der Waals surface area contributed by atoms with E-state index in [1.54, 1.807) is 5.20 Å². The van der Waals surface area contributed by atoms with E-state index in [4.69, 9.17) is 4.12 Å². The molecule has 0 unspecified atom stereocenters. The normalized spacial score (nSPS) is 20.1. The number of allylic oxidation sites excluding steroid dienone is 2. The zero-order valence-electron chi connectivity index (χ0n) is 8.52. The Balaban J connectivity index is 2.59. The van der Waals surface area contributed by atoms with E-state index < -0.39 is 8.32 Å². The molecule has 0 aromatic carbocycles. The molecule has 0 aliphatic heterocycles. The van der Waals surface area contributed by atoms with Crippen molar-refractivity contribution in [1.29, 1.82) is 0 Å². The number of hydrogen-bond acceptors (Lipinski definition) is 1. The second-order valence-electron chi connectivity index (χ2n) is 3.92. The molecular weight excluding hydrogens is 180 g/mol. The van der Waals surface area contributed by atoms with Gasteiger partial charge in [0.25, 0.3) is 0 Å². The van der Waals surface area contributed by atoms with Gasteiger partial charge in [0.05, 0.1) is 0 Å². The van der Waals surface area contributed by atoms with Crippen LogP contribution in [0.1, 0.15) is 25.7 Å². The summed E-state index contributed by atoms with van der Waals surface area (Å²) in [4.78, 5) is 0. The first-order valence-electron chi connectivity index (χ1n) is 5.00.